The van der Waals surface area contributed by atoms with E-state index in [1.165, 1.54) is 0 Å². The number of piperidine rings is 1. The van der Waals surface area contributed by atoms with Crippen LogP contribution in [0.15, 0.2) is 23.1 Å². The topological polar surface area (TPSA) is 40.5 Å². The second-order valence-electron chi connectivity index (χ2n) is 5.96. The van der Waals surface area contributed by atoms with Crippen molar-refractivity contribution in [2.75, 3.05) is 23.7 Å². The normalized spacial score (nSPS) is 16.5. The number of rotatable bonds is 5. The fraction of sp³-hybridized carbons (Fsp3) is 0.588. The van der Waals surface area contributed by atoms with Crippen LogP contribution in [0.5, 0.6) is 0 Å². The largest absolute Gasteiger partial charge is 0.478 e. The number of carboxylic acids is 1. The molecule has 3 nitrogen and oxygen atoms in total. The van der Waals surface area contributed by atoms with Crippen molar-refractivity contribution in [3.05, 3.63) is 23.8 Å². The molecule has 2 rings (SSSR count). The molecule has 0 saturated carbocycles. The summed E-state index contributed by atoms with van der Waals surface area (Å²) in [5, 5.41) is 9.60. The SMILES string of the molecule is CCSc1cccc(N2CCC(C(C)C)CC2)c1C(=O)O. The molecular formula is C17H25NO2S. The maximum absolute atomic E-state index is 11.7. The third kappa shape index (κ3) is 3.73. The Kier molecular flexibility index (Phi) is 5.57. The van der Waals surface area contributed by atoms with Crippen LogP contribution < -0.4 is 4.90 Å². The van der Waals surface area contributed by atoms with E-state index in [1.807, 2.05) is 18.2 Å². The zero-order valence-electron chi connectivity index (χ0n) is 13.1. The third-order valence-electron chi connectivity index (χ3n) is 4.34. The lowest BCUT2D eigenvalue weighted by Gasteiger charge is -2.36. The molecule has 116 valence electrons. The van der Waals surface area contributed by atoms with Gasteiger partial charge in [-0.1, -0.05) is 26.8 Å². The number of benzene rings is 1. The molecule has 1 saturated heterocycles. The molecule has 0 unspecified atom stereocenters. The summed E-state index contributed by atoms with van der Waals surface area (Å²) in [7, 11) is 0. The van der Waals surface area contributed by atoms with E-state index in [0.717, 1.165) is 48.2 Å². The molecule has 1 aromatic rings. The molecule has 4 heteroatoms. The first-order valence-corrected chi connectivity index (χ1v) is 8.77. The van der Waals surface area contributed by atoms with E-state index in [0.29, 0.717) is 11.5 Å². The summed E-state index contributed by atoms with van der Waals surface area (Å²) in [6.45, 7) is 8.53. The molecule has 1 aromatic carbocycles. The zero-order chi connectivity index (χ0) is 15.4. The van der Waals surface area contributed by atoms with Gasteiger partial charge in [-0.05, 0) is 42.6 Å². The zero-order valence-corrected chi connectivity index (χ0v) is 13.9. The van der Waals surface area contributed by atoms with Crippen molar-refractivity contribution in [3.63, 3.8) is 0 Å². The van der Waals surface area contributed by atoms with Gasteiger partial charge < -0.3 is 10.0 Å². The first-order chi connectivity index (χ1) is 10.0. The Morgan fingerprint density at radius 2 is 2.05 bits per heavy atom. The molecule has 1 heterocycles. The Bertz CT molecular complexity index is 494. The molecule has 0 radical (unpaired) electrons. The van der Waals surface area contributed by atoms with Crippen LogP contribution >= 0.6 is 11.8 Å². The van der Waals surface area contributed by atoms with Crippen molar-refractivity contribution in [2.24, 2.45) is 11.8 Å². The highest BCUT2D eigenvalue weighted by atomic mass is 32.2. The van der Waals surface area contributed by atoms with Crippen molar-refractivity contribution in [2.45, 2.75) is 38.5 Å². The number of hydrogen-bond donors (Lipinski definition) is 1. The lowest BCUT2D eigenvalue weighted by atomic mass is 9.86. The maximum atomic E-state index is 11.7. The molecule has 0 atom stereocenters. The van der Waals surface area contributed by atoms with Crippen LogP contribution in [0.1, 0.15) is 44.0 Å². The molecule has 0 bridgehead atoms. The molecule has 21 heavy (non-hydrogen) atoms. The third-order valence-corrected chi connectivity index (χ3v) is 5.28. The van der Waals surface area contributed by atoms with Crippen LogP contribution in [0, 0.1) is 11.8 Å². The standard InChI is InChI=1S/C17H25NO2S/c1-4-21-15-7-5-6-14(16(15)17(19)20)18-10-8-13(9-11-18)12(2)3/h5-7,12-13H,4,8-11H2,1-3H3,(H,19,20). The van der Waals surface area contributed by atoms with E-state index in [9.17, 15) is 9.90 Å². The summed E-state index contributed by atoms with van der Waals surface area (Å²) in [4.78, 5) is 14.8. The van der Waals surface area contributed by atoms with Crippen molar-refractivity contribution >= 4 is 23.4 Å². The van der Waals surface area contributed by atoms with Crippen molar-refractivity contribution in [3.8, 4) is 0 Å². The first-order valence-electron chi connectivity index (χ1n) is 7.78. The fourth-order valence-corrected chi connectivity index (χ4v) is 3.90. The molecule has 1 aliphatic rings. The predicted octanol–water partition coefficient (Wildman–Crippen LogP) is 4.37. The Labute approximate surface area is 131 Å². The summed E-state index contributed by atoms with van der Waals surface area (Å²) in [5.74, 6) is 1.56. The van der Waals surface area contributed by atoms with Crippen molar-refractivity contribution in [1.29, 1.82) is 0 Å². The number of aromatic carboxylic acids is 1. The van der Waals surface area contributed by atoms with Gasteiger partial charge in [-0.3, -0.25) is 0 Å². The van der Waals surface area contributed by atoms with Crippen LogP contribution in [0.25, 0.3) is 0 Å². The summed E-state index contributed by atoms with van der Waals surface area (Å²) < 4.78 is 0. The lowest BCUT2D eigenvalue weighted by Crippen LogP contribution is -2.36. The minimum Gasteiger partial charge on any atom is -0.478 e. The number of hydrogen-bond acceptors (Lipinski definition) is 3. The fourth-order valence-electron chi connectivity index (χ4n) is 3.08. The molecule has 1 aliphatic heterocycles. The summed E-state index contributed by atoms with van der Waals surface area (Å²) in [5.41, 5.74) is 1.37. The second-order valence-corrected chi connectivity index (χ2v) is 7.26. The number of nitrogens with zero attached hydrogens (tertiary/aromatic N) is 1. The van der Waals surface area contributed by atoms with E-state index < -0.39 is 5.97 Å². The molecule has 0 spiro atoms. The van der Waals surface area contributed by atoms with E-state index in [1.54, 1.807) is 11.8 Å². The minimum absolute atomic E-state index is 0.479. The number of thioether (sulfide) groups is 1. The van der Waals surface area contributed by atoms with E-state index in [-0.39, 0.29) is 0 Å². The van der Waals surface area contributed by atoms with Gasteiger partial charge in [-0.2, -0.15) is 0 Å². The lowest BCUT2D eigenvalue weighted by molar-refractivity contribution is 0.0693. The van der Waals surface area contributed by atoms with Crippen LogP contribution in [-0.2, 0) is 0 Å². The average molecular weight is 307 g/mol. The Balaban J connectivity index is 2.24. The highest BCUT2D eigenvalue weighted by Crippen LogP contribution is 2.34. The smallest absolute Gasteiger partial charge is 0.338 e. The van der Waals surface area contributed by atoms with Crippen LogP contribution in [0.4, 0.5) is 5.69 Å². The van der Waals surface area contributed by atoms with E-state index in [2.05, 4.69) is 25.7 Å². The summed E-state index contributed by atoms with van der Waals surface area (Å²) in [6, 6.07) is 5.86. The molecule has 1 fully saturated rings. The van der Waals surface area contributed by atoms with Gasteiger partial charge in [-0.15, -0.1) is 11.8 Å². The van der Waals surface area contributed by atoms with Gasteiger partial charge in [0.25, 0.3) is 0 Å². The van der Waals surface area contributed by atoms with E-state index >= 15 is 0 Å². The Morgan fingerprint density at radius 3 is 2.57 bits per heavy atom. The van der Waals surface area contributed by atoms with Crippen LogP contribution in [0.3, 0.4) is 0 Å². The first kappa shape index (κ1) is 16.2. The maximum Gasteiger partial charge on any atom is 0.338 e. The molecule has 1 N–H and O–H groups in total. The second kappa shape index (κ2) is 7.21. The Hall–Kier alpha value is -1.16. The summed E-state index contributed by atoms with van der Waals surface area (Å²) in [6.07, 6.45) is 2.31. The van der Waals surface area contributed by atoms with Crippen molar-refractivity contribution in [1.82, 2.24) is 0 Å². The van der Waals surface area contributed by atoms with Gasteiger partial charge in [0.15, 0.2) is 0 Å². The molecule has 0 aromatic heterocycles. The number of anilines is 1. The molecule has 0 aliphatic carbocycles. The van der Waals surface area contributed by atoms with Gasteiger partial charge in [0.2, 0.25) is 0 Å². The van der Waals surface area contributed by atoms with Gasteiger partial charge in [-0.25, -0.2) is 4.79 Å². The highest BCUT2D eigenvalue weighted by Gasteiger charge is 2.25. The summed E-state index contributed by atoms with van der Waals surface area (Å²) >= 11 is 1.61. The monoisotopic (exact) mass is 307 g/mol. The molecule has 0 amide bonds. The number of carboxylic acid groups (broad SMARTS) is 1. The predicted molar refractivity (Wildman–Crippen MR) is 89.6 cm³/mol. The van der Waals surface area contributed by atoms with Crippen LogP contribution in [-0.4, -0.2) is 29.9 Å². The van der Waals surface area contributed by atoms with Crippen molar-refractivity contribution < 1.29 is 9.90 Å². The highest BCUT2D eigenvalue weighted by molar-refractivity contribution is 7.99. The molecular weight excluding hydrogens is 282 g/mol. The van der Waals surface area contributed by atoms with E-state index in [4.69, 9.17) is 0 Å². The quantitative estimate of drug-likeness (QED) is 0.820. The van der Waals surface area contributed by atoms with Gasteiger partial charge in [0.1, 0.15) is 0 Å². The van der Waals surface area contributed by atoms with Gasteiger partial charge in [0, 0.05) is 18.0 Å². The average Bonchev–Trinajstić information content (AvgIpc) is 2.47. The number of carbonyl (C=O) groups is 1. The van der Waals surface area contributed by atoms with Gasteiger partial charge in [0.05, 0.1) is 11.3 Å². The minimum atomic E-state index is -0.812. The Morgan fingerprint density at radius 1 is 1.38 bits per heavy atom. The van der Waals surface area contributed by atoms with Crippen LogP contribution in [0.2, 0.25) is 0 Å². The van der Waals surface area contributed by atoms with Gasteiger partial charge >= 0.3 is 5.97 Å².